The molecular weight excluding hydrogens is 249 g/mol. The summed E-state index contributed by atoms with van der Waals surface area (Å²) in [6.45, 7) is 2.19. The smallest absolute Gasteiger partial charge is 0.221 e. The van der Waals surface area contributed by atoms with Crippen molar-refractivity contribution in [1.29, 1.82) is 0 Å². The van der Waals surface area contributed by atoms with E-state index in [4.69, 9.17) is 5.73 Å². The zero-order chi connectivity index (χ0) is 14.0. The number of nitrogens with one attached hydrogen (secondary N) is 2. The predicted molar refractivity (Wildman–Crippen MR) is 70.0 cm³/mol. The van der Waals surface area contributed by atoms with Gasteiger partial charge in [-0.2, -0.15) is 0 Å². The zero-order valence-electron chi connectivity index (χ0n) is 10.7. The van der Waals surface area contributed by atoms with Crippen LogP contribution in [0.3, 0.4) is 0 Å². The second kappa shape index (κ2) is 5.24. The van der Waals surface area contributed by atoms with Gasteiger partial charge in [0.2, 0.25) is 5.91 Å². The van der Waals surface area contributed by atoms with Crippen molar-refractivity contribution < 1.29 is 14.3 Å². The molecule has 2 atom stereocenters. The van der Waals surface area contributed by atoms with Crippen molar-refractivity contribution in [2.24, 2.45) is 11.7 Å². The summed E-state index contributed by atoms with van der Waals surface area (Å²) < 4.78 is 14.0. The average molecular weight is 267 g/mol. The van der Waals surface area contributed by atoms with Gasteiger partial charge in [0.15, 0.2) is 0 Å². The van der Waals surface area contributed by atoms with E-state index in [9.17, 15) is 14.3 Å². The van der Waals surface area contributed by atoms with Gasteiger partial charge in [-0.05, 0) is 18.2 Å². The first-order valence-corrected chi connectivity index (χ1v) is 6.15. The van der Waals surface area contributed by atoms with E-state index in [1.54, 1.807) is 0 Å². The van der Waals surface area contributed by atoms with Gasteiger partial charge in [-0.3, -0.25) is 4.79 Å². The van der Waals surface area contributed by atoms with Gasteiger partial charge in [0.1, 0.15) is 5.82 Å². The Labute approximate surface area is 111 Å². The van der Waals surface area contributed by atoms with E-state index in [-0.39, 0.29) is 18.4 Å². The third-order valence-electron chi connectivity index (χ3n) is 3.55. The number of hydrogen-bond donors (Lipinski definition) is 4. The van der Waals surface area contributed by atoms with Crippen LogP contribution in [0.15, 0.2) is 18.2 Å². The monoisotopic (exact) mass is 267 g/mol. The summed E-state index contributed by atoms with van der Waals surface area (Å²) in [5.74, 6) is -0.916. The van der Waals surface area contributed by atoms with Crippen LogP contribution in [0.4, 0.5) is 10.1 Å². The molecular formula is C13H18FN3O2. The van der Waals surface area contributed by atoms with Crippen molar-refractivity contribution in [2.45, 2.75) is 12.5 Å². The van der Waals surface area contributed by atoms with E-state index in [2.05, 4.69) is 10.6 Å². The minimum atomic E-state index is -0.965. The standard InChI is InChI=1S/C13H18FN3O2/c1-8(19)17-10-2-3-12(14)11(4-10)13(15)7-16-5-9(13)6-18/h2-4,9,16,18H,5-7,15H2,1H3,(H,17,19)/t9-,13?/m0/s1. The van der Waals surface area contributed by atoms with Gasteiger partial charge in [0, 0.05) is 43.8 Å². The van der Waals surface area contributed by atoms with Crippen molar-refractivity contribution in [3.05, 3.63) is 29.6 Å². The number of halogens is 1. The van der Waals surface area contributed by atoms with Crippen LogP contribution in [0.25, 0.3) is 0 Å². The molecule has 1 aromatic carbocycles. The third-order valence-corrected chi connectivity index (χ3v) is 3.55. The molecule has 2 rings (SSSR count). The molecule has 5 nitrogen and oxygen atoms in total. The number of rotatable bonds is 3. The largest absolute Gasteiger partial charge is 0.396 e. The number of nitrogens with two attached hydrogens (primary N) is 1. The predicted octanol–water partition coefficient (Wildman–Crippen LogP) is 0.150. The summed E-state index contributed by atoms with van der Waals surface area (Å²) in [4.78, 5) is 11.0. The number of aliphatic hydroxyl groups excluding tert-OH is 1. The summed E-state index contributed by atoms with van der Waals surface area (Å²) >= 11 is 0. The lowest BCUT2D eigenvalue weighted by molar-refractivity contribution is -0.114. The number of benzene rings is 1. The molecule has 0 aliphatic carbocycles. The maximum Gasteiger partial charge on any atom is 0.221 e. The Morgan fingerprint density at radius 1 is 1.68 bits per heavy atom. The molecule has 1 heterocycles. The minimum Gasteiger partial charge on any atom is -0.396 e. The highest BCUT2D eigenvalue weighted by Gasteiger charge is 2.42. The van der Waals surface area contributed by atoms with Crippen LogP contribution in [-0.4, -0.2) is 30.7 Å². The molecule has 0 bridgehead atoms. The average Bonchev–Trinajstić information content (AvgIpc) is 2.73. The van der Waals surface area contributed by atoms with Gasteiger partial charge in [-0.1, -0.05) is 0 Å². The third kappa shape index (κ3) is 2.60. The molecule has 0 saturated carbocycles. The molecule has 1 aliphatic rings. The second-order valence-electron chi connectivity index (χ2n) is 4.93. The van der Waals surface area contributed by atoms with Crippen LogP contribution in [0.2, 0.25) is 0 Å². The van der Waals surface area contributed by atoms with Gasteiger partial charge in [0.05, 0.1) is 5.54 Å². The molecule has 1 fully saturated rings. The van der Waals surface area contributed by atoms with Gasteiger partial charge in [0.25, 0.3) is 0 Å². The van der Waals surface area contributed by atoms with Crippen LogP contribution in [0.5, 0.6) is 0 Å². The van der Waals surface area contributed by atoms with Gasteiger partial charge >= 0.3 is 0 Å². The molecule has 1 amide bonds. The van der Waals surface area contributed by atoms with E-state index in [1.165, 1.54) is 25.1 Å². The first kappa shape index (κ1) is 13.9. The van der Waals surface area contributed by atoms with E-state index in [1.807, 2.05) is 0 Å². The van der Waals surface area contributed by atoms with E-state index in [0.29, 0.717) is 24.3 Å². The minimum absolute atomic E-state index is 0.118. The summed E-state index contributed by atoms with van der Waals surface area (Å²) in [5.41, 5.74) is 6.10. The highest BCUT2D eigenvalue weighted by Crippen LogP contribution is 2.33. The van der Waals surface area contributed by atoms with Crippen LogP contribution in [0.1, 0.15) is 12.5 Å². The highest BCUT2D eigenvalue weighted by molar-refractivity contribution is 5.88. The highest BCUT2D eigenvalue weighted by atomic mass is 19.1. The number of hydrogen-bond acceptors (Lipinski definition) is 4. The molecule has 0 radical (unpaired) electrons. The fraction of sp³-hybridized carbons (Fsp3) is 0.462. The molecule has 1 aliphatic heterocycles. The number of amides is 1. The van der Waals surface area contributed by atoms with Crippen LogP contribution in [0, 0.1) is 11.7 Å². The van der Waals surface area contributed by atoms with Gasteiger partial charge in [-0.15, -0.1) is 0 Å². The number of carbonyl (C=O) groups excluding carboxylic acids is 1. The molecule has 6 heteroatoms. The Bertz CT molecular complexity index is 495. The molecule has 5 N–H and O–H groups in total. The second-order valence-corrected chi connectivity index (χ2v) is 4.93. The SMILES string of the molecule is CC(=O)Nc1ccc(F)c(C2(N)CNC[C@H]2CO)c1. The molecule has 19 heavy (non-hydrogen) atoms. The summed E-state index contributed by atoms with van der Waals surface area (Å²) in [6, 6.07) is 4.30. The van der Waals surface area contributed by atoms with Crippen molar-refractivity contribution in [3.8, 4) is 0 Å². The quantitative estimate of drug-likeness (QED) is 0.628. The number of anilines is 1. The molecule has 0 aromatic heterocycles. The lowest BCUT2D eigenvalue weighted by Gasteiger charge is -2.30. The molecule has 0 spiro atoms. The lowest BCUT2D eigenvalue weighted by Crippen LogP contribution is -2.46. The van der Waals surface area contributed by atoms with Crippen LogP contribution in [-0.2, 0) is 10.3 Å². The van der Waals surface area contributed by atoms with Gasteiger partial charge in [-0.25, -0.2) is 4.39 Å². The fourth-order valence-electron chi connectivity index (χ4n) is 2.49. The Kier molecular flexibility index (Phi) is 3.84. The normalized spacial score (nSPS) is 26.4. The van der Waals surface area contributed by atoms with E-state index >= 15 is 0 Å². The number of aliphatic hydroxyl groups is 1. The fourth-order valence-corrected chi connectivity index (χ4v) is 2.49. The summed E-state index contributed by atoms with van der Waals surface area (Å²) in [5, 5.41) is 15.0. The Morgan fingerprint density at radius 3 is 3.05 bits per heavy atom. The molecule has 1 saturated heterocycles. The summed E-state index contributed by atoms with van der Waals surface area (Å²) in [7, 11) is 0. The number of carbonyl (C=O) groups is 1. The Balaban J connectivity index is 2.40. The zero-order valence-corrected chi connectivity index (χ0v) is 10.7. The lowest BCUT2D eigenvalue weighted by atomic mass is 9.81. The van der Waals surface area contributed by atoms with Crippen molar-refractivity contribution in [1.82, 2.24) is 5.32 Å². The van der Waals surface area contributed by atoms with E-state index in [0.717, 1.165) is 0 Å². The molecule has 1 unspecified atom stereocenters. The Morgan fingerprint density at radius 2 is 2.42 bits per heavy atom. The first-order valence-electron chi connectivity index (χ1n) is 6.15. The van der Waals surface area contributed by atoms with Crippen LogP contribution < -0.4 is 16.4 Å². The topological polar surface area (TPSA) is 87.4 Å². The summed E-state index contributed by atoms with van der Waals surface area (Å²) in [6.07, 6.45) is 0. The van der Waals surface area contributed by atoms with Crippen molar-refractivity contribution in [3.63, 3.8) is 0 Å². The van der Waals surface area contributed by atoms with E-state index < -0.39 is 11.4 Å². The van der Waals surface area contributed by atoms with Crippen molar-refractivity contribution in [2.75, 3.05) is 25.0 Å². The van der Waals surface area contributed by atoms with Crippen molar-refractivity contribution >= 4 is 11.6 Å². The first-order chi connectivity index (χ1) is 8.97. The van der Waals surface area contributed by atoms with Gasteiger partial charge < -0.3 is 21.5 Å². The maximum absolute atomic E-state index is 14.0. The Hall–Kier alpha value is -1.50. The van der Waals surface area contributed by atoms with Crippen LogP contribution >= 0.6 is 0 Å². The maximum atomic E-state index is 14.0. The molecule has 104 valence electrons. The molecule has 1 aromatic rings.